The highest BCUT2D eigenvalue weighted by molar-refractivity contribution is 5.97. The Labute approximate surface area is 137 Å². The van der Waals surface area contributed by atoms with E-state index in [1.807, 2.05) is 0 Å². The van der Waals surface area contributed by atoms with Gasteiger partial charge in [0.25, 0.3) is 0 Å². The van der Waals surface area contributed by atoms with Gasteiger partial charge in [0.1, 0.15) is 12.1 Å². The molecule has 0 aromatic heterocycles. The molecule has 8 heteroatoms. The standard InChI is InChI=1S/C16H19F2N3O3/c1-8(22)14-16(24)21-7-10(5-13(21)15(23)20-14)19-6-9-2-3-11(17)12(18)4-9/h2-4,8,10,13-14,19,22H,5-7H2,1H3,(H,20,23)/t8-,10+,13+,14+/m1/s1. The lowest BCUT2D eigenvalue weighted by molar-refractivity contribution is -0.149. The van der Waals surface area contributed by atoms with E-state index in [1.54, 1.807) is 0 Å². The van der Waals surface area contributed by atoms with Crippen molar-refractivity contribution in [1.82, 2.24) is 15.5 Å². The highest BCUT2D eigenvalue weighted by atomic mass is 19.2. The summed E-state index contributed by atoms with van der Waals surface area (Å²) in [7, 11) is 0. The first kappa shape index (κ1) is 16.8. The zero-order chi connectivity index (χ0) is 17.4. The van der Waals surface area contributed by atoms with E-state index in [2.05, 4.69) is 10.6 Å². The molecule has 2 heterocycles. The normalized spacial score (nSPS) is 27.8. The van der Waals surface area contributed by atoms with Gasteiger partial charge in [-0.2, -0.15) is 0 Å². The lowest BCUT2D eigenvalue weighted by Gasteiger charge is -2.35. The molecule has 3 rings (SSSR count). The predicted octanol–water partition coefficient (Wildman–Crippen LogP) is -0.0969. The molecule has 2 aliphatic heterocycles. The lowest BCUT2D eigenvalue weighted by Crippen LogP contribution is -2.64. The molecule has 130 valence electrons. The number of benzene rings is 1. The van der Waals surface area contributed by atoms with Gasteiger partial charge in [-0.25, -0.2) is 8.78 Å². The Balaban J connectivity index is 1.63. The maximum Gasteiger partial charge on any atom is 0.248 e. The third kappa shape index (κ3) is 3.11. The average molecular weight is 339 g/mol. The Kier molecular flexibility index (Phi) is 4.51. The molecule has 0 bridgehead atoms. The van der Waals surface area contributed by atoms with Crippen LogP contribution in [0, 0.1) is 11.6 Å². The second-order valence-electron chi connectivity index (χ2n) is 6.30. The van der Waals surface area contributed by atoms with Crippen LogP contribution in [-0.4, -0.2) is 52.6 Å². The molecular weight excluding hydrogens is 320 g/mol. The summed E-state index contributed by atoms with van der Waals surface area (Å²) in [6.45, 7) is 2.10. The number of fused-ring (bicyclic) bond motifs is 1. The molecule has 4 atom stereocenters. The van der Waals surface area contributed by atoms with Gasteiger partial charge in [-0.1, -0.05) is 6.07 Å². The number of carbonyl (C=O) groups is 2. The summed E-state index contributed by atoms with van der Waals surface area (Å²) < 4.78 is 26.1. The molecular formula is C16H19F2N3O3. The van der Waals surface area contributed by atoms with Crippen LogP contribution in [0.25, 0.3) is 0 Å². The SMILES string of the molecule is C[C@@H](O)[C@@H]1NC(=O)[C@@H]2C[C@H](NCc3ccc(F)c(F)c3)CN2C1=O. The van der Waals surface area contributed by atoms with Gasteiger partial charge in [0.2, 0.25) is 11.8 Å². The number of piperazine rings is 1. The van der Waals surface area contributed by atoms with Crippen molar-refractivity contribution in [3.8, 4) is 0 Å². The summed E-state index contributed by atoms with van der Waals surface area (Å²) in [5.74, 6) is -2.39. The number of rotatable bonds is 4. The van der Waals surface area contributed by atoms with Crippen molar-refractivity contribution in [2.75, 3.05) is 6.54 Å². The van der Waals surface area contributed by atoms with Crippen LogP contribution in [0.5, 0.6) is 0 Å². The Morgan fingerprint density at radius 1 is 1.38 bits per heavy atom. The maximum absolute atomic E-state index is 13.2. The van der Waals surface area contributed by atoms with E-state index < -0.39 is 29.8 Å². The molecule has 2 saturated heterocycles. The molecule has 2 aliphatic rings. The molecule has 2 fully saturated rings. The first-order valence-corrected chi connectivity index (χ1v) is 7.83. The molecule has 0 spiro atoms. The van der Waals surface area contributed by atoms with Crippen molar-refractivity contribution < 1.29 is 23.5 Å². The van der Waals surface area contributed by atoms with Crippen LogP contribution in [0.3, 0.4) is 0 Å². The Hall–Kier alpha value is -2.06. The van der Waals surface area contributed by atoms with Crippen LogP contribution < -0.4 is 10.6 Å². The fourth-order valence-corrected chi connectivity index (χ4v) is 3.20. The molecule has 0 aliphatic carbocycles. The summed E-state index contributed by atoms with van der Waals surface area (Å²) in [4.78, 5) is 25.9. The second-order valence-corrected chi connectivity index (χ2v) is 6.30. The minimum atomic E-state index is -0.961. The van der Waals surface area contributed by atoms with E-state index >= 15 is 0 Å². The number of hydrogen-bond acceptors (Lipinski definition) is 4. The van der Waals surface area contributed by atoms with Gasteiger partial charge in [0.05, 0.1) is 6.10 Å². The molecule has 0 radical (unpaired) electrons. The first-order chi connectivity index (χ1) is 11.4. The fraction of sp³-hybridized carbons (Fsp3) is 0.500. The minimum Gasteiger partial charge on any atom is -0.391 e. The predicted molar refractivity (Wildman–Crippen MR) is 80.7 cm³/mol. The fourth-order valence-electron chi connectivity index (χ4n) is 3.20. The third-order valence-corrected chi connectivity index (χ3v) is 4.51. The van der Waals surface area contributed by atoms with Crippen LogP contribution >= 0.6 is 0 Å². The summed E-state index contributed by atoms with van der Waals surface area (Å²) in [5.41, 5.74) is 0.580. The molecule has 24 heavy (non-hydrogen) atoms. The van der Waals surface area contributed by atoms with E-state index in [0.29, 0.717) is 25.1 Å². The van der Waals surface area contributed by atoms with E-state index in [9.17, 15) is 23.5 Å². The summed E-state index contributed by atoms with van der Waals surface area (Å²) in [5, 5.41) is 15.3. The molecule has 6 nitrogen and oxygen atoms in total. The van der Waals surface area contributed by atoms with E-state index in [-0.39, 0.29) is 17.9 Å². The number of hydrogen-bond donors (Lipinski definition) is 3. The summed E-state index contributed by atoms with van der Waals surface area (Å²) in [6.07, 6.45) is -0.523. The van der Waals surface area contributed by atoms with Crippen molar-refractivity contribution in [3.05, 3.63) is 35.4 Å². The Morgan fingerprint density at radius 3 is 2.79 bits per heavy atom. The van der Waals surface area contributed by atoms with Crippen LogP contribution in [0.2, 0.25) is 0 Å². The molecule has 3 N–H and O–H groups in total. The monoisotopic (exact) mass is 339 g/mol. The van der Waals surface area contributed by atoms with Crippen LogP contribution in [-0.2, 0) is 16.1 Å². The van der Waals surface area contributed by atoms with Crippen molar-refractivity contribution in [2.45, 2.75) is 44.1 Å². The Morgan fingerprint density at radius 2 is 2.12 bits per heavy atom. The van der Waals surface area contributed by atoms with E-state index in [4.69, 9.17) is 0 Å². The van der Waals surface area contributed by atoms with Crippen molar-refractivity contribution in [3.63, 3.8) is 0 Å². The second kappa shape index (κ2) is 6.45. The molecule has 1 aromatic rings. The number of nitrogens with zero attached hydrogens (tertiary/aromatic N) is 1. The quantitative estimate of drug-likeness (QED) is 0.716. The smallest absolute Gasteiger partial charge is 0.248 e. The van der Waals surface area contributed by atoms with Gasteiger partial charge >= 0.3 is 0 Å². The van der Waals surface area contributed by atoms with Gasteiger partial charge in [-0.3, -0.25) is 9.59 Å². The first-order valence-electron chi connectivity index (χ1n) is 7.83. The third-order valence-electron chi connectivity index (χ3n) is 4.51. The number of aliphatic hydroxyl groups excluding tert-OH is 1. The number of halogens is 2. The van der Waals surface area contributed by atoms with Gasteiger partial charge in [-0.05, 0) is 31.0 Å². The van der Waals surface area contributed by atoms with Crippen molar-refractivity contribution in [1.29, 1.82) is 0 Å². The average Bonchev–Trinajstić information content (AvgIpc) is 2.97. The maximum atomic E-state index is 13.2. The van der Waals surface area contributed by atoms with Crippen LogP contribution in [0.1, 0.15) is 18.9 Å². The molecule has 0 saturated carbocycles. The molecule has 0 unspecified atom stereocenters. The number of nitrogens with one attached hydrogen (secondary N) is 2. The number of carbonyl (C=O) groups excluding carboxylic acids is 2. The van der Waals surface area contributed by atoms with Crippen LogP contribution in [0.15, 0.2) is 18.2 Å². The van der Waals surface area contributed by atoms with Crippen molar-refractivity contribution in [2.24, 2.45) is 0 Å². The number of aliphatic hydroxyl groups is 1. The molecule has 2 amide bonds. The van der Waals surface area contributed by atoms with Crippen LogP contribution in [0.4, 0.5) is 8.78 Å². The van der Waals surface area contributed by atoms with Gasteiger partial charge in [0.15, 0.2) is 11.6 Å². The Bertz CT molecular complexity index is 668. The zero-order valence-corrected chi connectivity index (χ0v) is 13.1. The summed E-state index contributed by atoms with van der Waals surface area (Å²) in [6, 6.07) is 2.05. The number of amides is 2. The zero-order valence-electron chi connectivity index (χ0n) is 13.1. The van der Waals surface area contributed by atoms with E-state index in [0.717, 1.165) is 12.1 Å². The highest BCUT2D eigenvalue weighted by Gasteiger charge is 2.47. The van der Waals surface area contributed by atoms with Crippen molar-refractivity contribution >= 4 is 11.8 Å². The van der Waals surface area contributed by atoms with E-state index in [1.165, 1.54) is 17.9 Å². The lowest BCUT2D eigenvalue weighted by atomic mass is 10.0. The van der Waals surface area contributed by atoms with Gasteiger partial charge in [0, 0.05) is 19.1 Å². The minimum absolute atomic E-state index is 0.134. The summed E-state index contributed by atoms with van der Waals surface area (Å²) >= 11 is 0. The van der Waals surface area contributed by atoms with Gasteiger partial charge < -0.3 is 20.6 Å². The topological polar surface area (TPSA) is 81.7 Å². The molecule has 1 aromatic carbocycles. The highest BCUT2D eigenvalue weighted by Crippen LogP contribution is 2.24. The largest absolute Gasteiger partial charge is 0.391 e. The van der Waals surface area contributed by atoms with Gasteiger partial charge in [-0.15, -0.1) is 0 Å².